The number of aliphatic imine (C=N–C) groups is 1. The third kappa shape index (κ3) is 5.31. The van der Waals surface area contributed by atoms with Gasteiger partial charge < -0.3 is 15.2 Å². The molecule has 23 heavy (non-hydrogen) atoms. The minimum atomic E-state index is 0. The van der Waals surface area contributed by atoms with Crippen molar-refractivity contribution in [2.45, 2.75) is 31.8 Å². The van der Waals surface area contributed by atoms with Crippen LogP contribution in [0.2, 0.25) is 5.02 Å². The first-order valence-corrected chi connectivity index (χ1v) is 7.50. The van der Waals surface area contributed by atoms with E-state index in [1.165, 1.54) is 0 Å². The van der Waals surface area contributed by atoms with Crippen LogP contribution >= 0.6 is 35.6 Å². The van der Waals surface area contributed by atoms with Gasteiger partial charge in [-0.05, 0) is 25.0 Å². The second kappa shape index (κ2) is 8.44. The van der Waals surface area contributed by atoms with Crippen LogP contribution in [0.5, 0.6) is 0 Å². The average molecular weight is 449 g/mol. The van der Waals surface area contributed by atoms with Gasteiger partial charge in [0.05, 0.1) is 23.8 Å². The zero-order chi connectivity index (χ0) is 15.4. The molecule has 0 aromatic carbocycles. The Morgan fingerprint density at radius 2 is 2.13 bits per heavy atom. The van der Waals surface area contributed by atoms with Gasteiger partial charge in [0.1, 0.15) is 0 Å². The summed E-state index contributed by atoms with van der Waals surface area (Å²) in [6.07, 6.45) is 3.93. The lowest BCUT2D eigenvalue weighted by Crippen LogP contribution is -2.36. The molecule has 124 valence electrons. The maximum Gasteiger partial charge on any atom is 0.246 e. The second-order valence-electron chi connectivity index (χ2n) is 5.07. The molecule has 2 N–H and O–H groups in total. The molecule has 0 saturated heterocycles. The molecular weight excluding hydrogens is 431 g/mol. The molecule has 1 fully saturated rings. The average Bonchev–Trinajstić information content (AvgIpc) is 3.28. The van der Waals surface area contributed by atoms with E-state index < -0.39 is 0 Å². The van der Waals surface area contributed by atoms with Crippen LogP contribution < -0.4 is 10.6 Å². The topological polar surface area (TPSA) is 88.2 Å². The summed E-state index contributed by atoms with van der Waals surface area (Å²) in [4.78, 5) is 12.7. The monoisotopic (exact) mass is 448 g/mol. The van der Waals surface area contributed by atoms with E-state index in [1.807, 2.05) is 6.07 Å². The SMILES string of the molecule is CN=C(NCc1ccc(Cl)cn1)NCc1nc(C2CC2)no1.I. The number of guanidine groups is 1. The number of nitrogens with zero attached hydrogens (tertiary/aromatic N) is 4. The fourth-order valence-electron chi connectivity index (χ4n) is 1.91. The quantitative estimate of drug-likeness (QED) is 0.415. The number of hydrogen-bond acceptors (Lipinski definition) is 5. The highest BCUT2D eigenvalue weighted by atomic mass is 127. The van der Waals surface area contributed by atoms with Gasteiger partial charge in [-0.1, -0.05) is 16.8 Å². The Labute approximate surface area is 156 Å². The number of rotatable bonds is 5. The molecule has 9 heteroatoms. The first-order valence-electron chi connectivity index (χ1n) is 7.12. The van der Waals surface area contributed by atoms with Crippen LogP contribution in [-0.2, 0) is 13.1 Å². The highest BCUT2D eigenvalue weighted by Gasteiger charge is 2.28. The summed E-state index contributed by atoms with van der Waals surface area (Å²) in [6, 6.07) is 3.67. The zero-order valence-electron chi connectivity index (χ0n) is 12.6. The van der Waals surface area contributed by atoms with Gasteiger partial charge in [0.25, 0.3) is 0 Å². The molecule has 1 aliphatic rings. The van der Waals surface area contributed by atoms with Crippen LogP contribution in [0.3, 0.4) is 0 Å². The van der Waals surface area contributed by atoms with Crippen molar-refractivity contribution in [1.82, 2.24) is 25.8 Å². The summed E-state index contributed by atoms with van der Waals surface area (Å²) in [5.41, 5.74) is 0.876. The summed E-state index contributed by atoms with van der Waals surface area (Å²) in [5, 5.41) is 10.9. The molecule has 2 aromatic heterocycles. The van der Waals surface area contributed by atoms with Gasteiger partial charge in [0.2, 0.25) is 5.89 Å². The molecule has 0 amide bonds. The molecule has 2 heterocycles. The normalized spacial score (nSPS) is 14.3. The third-order valence-electron chi connectivity index (χ3n) is 3.28. The molecular formula is C14H18ClIN6O. The van der Waals surface area contributed by atoms with Crippen LogP contribution in [0.15, 0.2) is 27.8 Å². The minimum absolute atomic E-state index is 0. The Hall–Kier alpha value is -1.42. The molecule has 0 radical (unpaired) electrons. The molecule has 3 rings (SSSR count). The van der Waals surface area contributed by atoms with Crippen LogP contribution in [0, 0.1) is 0 Å². The maximum atomic E-state index is 5.81. The zero-order valence-corrected chi connectivity index (χ0v) is 15.7. The third-order valence-corrected chi connectivity index (χ3v) is 3.51. The van der Waals surface area contributed by atoms with Crippen molar-refractivity contribution in [2.75, 3.05) is 7.05 Å². The largest absolute Gasteiger partial charge is 0.351 e. The number of halogens is 2. The van der Waals surface area contributed by atoms with E-state index in [4.69, 9.17) is 16.1 Å². The highest BCUT2D eigenvalue weighted by molar-refractivity contribution is 14.0. The molecule has 0 aliphatic heterocycles. The Morgan fingerprint density at radius 1 is 1.35 bits per heavy atom. The number of aromatic nitrogens is 3. The van der Waals surface area contributed by atoms with Crippen molar-refractivity contribution >= 4 is 41.5 Å². The van der Waals surface area contributed by atoms with E-state index >= 15 is 0 Å². The standard InChI is InChI=1S/C14H17ClN6O.HI/c1-16-14(18-7-11-5-4-10(15)6-17-11)19-8-12-20-13(21-22-12)9-2-3-9;/h4-6,9H,2-3,7-8H2,1H3,(H2,16,18,19);1H. The first-order chi connectivity index (χ1) is 10.7. The van der Waals surface area contributed by atoms with Gasteiger partial charge in [-0.3, -0.25) is 9.98 Å². The number of hydrogen-bond donors (Lipinski definition) is 2. The second-order valence-corrected chi connectivity index (χ2v) is 5.50. The predicted octanol–water partition coefficient (Wildman–Crippen LogP) is 2.48. The minimum Gasteiger partial charge on any atom is -0.351 e. The van der Waals surface area contributed by atoms with Gasteiger partial charge in [0, 0.05) is 19.2 Å². The van der Waals surface area contributed by atoms with Gasteiger partial charge in [0.15, 0.2) is 11.8 Å². The summed E-state index contributed by atoms with van der Waals surface area (Å²) in [6.45, 7) is 0.988. The molecule has 1 aliphatic carbocycles. The number of nitrogens with one attached hydrogen (secondary N) is 2. The van der Waals surface area contributed by atoms with E-state index in [9.17, 15) is 0 Å². The molecule has 2 aromatic rings. The van der Waals surface area contributed by atoms with Crippen molar-refractivity contribution < 1.29 is 4.52 Å². The lowest BCUT2D eigenvalue weighted by Gasteiger charge is -2.09. The lowest BCUT2D eigenvalue weighted by atomic mass is 10.3. The van der Waals surface area contributed by atoms with Crippen molar-refractivity contribution in [3.05, 3.63) is 40.8 Å². The molecule has 0 atom stereocenters. The fraction of sp³-hybridized carbons (Fsp3) is 0.429. The number of pyridine rings is 1. The van der Waals surface area contributed by atoms with Crippen LogP contribution in [0.25, 0.3) is 0 Å². The summed E-state index contributed by atoms with van der Waals surface area (Å²) < 4.78 is 5.20. The van der Waals surface area contributed by atoms with E-state index in [-0.39, 0.29) is 24.0 Å². The smallest absolute Gasteiger partial charge is 0.246 e. The molecule has 1 saturated carbocycles. The Morgan fingerprint density at radius 3 is 2.78 bits per heavy atom. The first kappa shape index (κ1) is 17.9. The van der Waals surface area contributed by atoms with Gasteiger partial charge in [-0.15, -0.1) is 24.0 Å². The van der Waals surface area contributed by atoms with Crippen molar-refractivity contribution in [2.24, 2.45) is 4.99 Å². The van der Waals surface area contributed by atoms with E-state index in [0.29, 0.717) is 35.9 Å². The van der Waals surface area contributed by atoms with Crippen molar-refractivity contribution in [3.8, 4) is 0 Å². The van der Waals surface area contributed by atoms with Gasteiger partial charge in [-0.25, -0.2) is 0 Å². The van der Waals surface area contributed by atoms with Crippen molar-refractivity contribution in [1.29, 1.82) is 0 Å². The fourth-order valence-corrected chi connectivity index (χ4v) is 2.02. The van der Waals surface area contributed by atoms with E-state index in [2.05, 4.69) is 30.8 Å². The molecule has 0 unspecified atom stereocenters. The molecule has 0 bridgehead atoms. The summed E-state index contributed by atoms with van der Waals surface area (Å²) in [5.74, 6) is 2.51. The van der Waals surface area contributed by atoms with Crippen LogP contribution in [0.1, 0.15) is 36.2 Å². The van der Waals surface area contributed by atoms with Gasteiger partial charge in [-0.2, -0.15) is 4.98 Å². The Balaban J connectivity index is 0.00000192. The van der Waals surface area contributed by atoms with Crippen LogP contribution in [0.4, 0.5) is 0 Å². The van der Waals surface area contributed by atoms with Gasteiger partial charge >= 0.3 is 0 Å². The van der Waals surface area contributed by atoms with Crippen LogP contribution in [-0.4, -0.2) is 28.1 Å². The predicted molar refractivity (Wildman–Crippen MR) is 98.0 cm³/mol. The Kier molecular flexibility index (Phi) is 6.58. The van der Waals surface area contributed by atoms with Crippen molar-refractivity contribution in [3.63, 3.8) is 0 Å². The maximum absolute atomic E-state index is 5.81. The van der Waals surface area contributed by atoms with E-state index in [0.717, 1.165) is 24.4 Å². The molecule has 7 nitrogen and oxygen atoms in total. The lowest BCUT2D eigenvalue weighted by molar-refractivity contribution is 0.370. The summed E-state index contributed by atoms with van der Waals surface area (Å²) >= 11 is 5.81. The summed E-state index contributed by atoms with van der Waals surface area (Å²) in [7, 11) is 1.70. The Bertz CT molecular complexity index is 656. The highest BCUT2D eigenvalue weighted by Crippen LogP contribution is 2.37. The van der Waals surface area contributed by atoms with E-state index in [1.54, 1.807) is 19.3 Å². The molecule has 0 spiro atoms.